The molecule has 1 amide bonds. The fraction of sp³-hybridized carbons (Fsp3) is 0.312. The Bertz CT molecular complexity index is 631. The van der Waals surface area contributed by atoms with Gasteiger partial charge < -0.3 is 9.32 Å². The Balaban J connectivity index is 1.83. The number of nitrogens with zero attached hydrogens (tertiary/aromatic N) is 1. The van der Waals surface area contributed by atoms with E-state index in [1.807, 2.05) is 13.0 Å². The molecule has 0 bridgehead atoms. The topological polar surface area (TPSA) is 33.5 Å². The Hall–Kier alpha value is -2.10. The van der Waals surface area contributed by atoms with Gasteiger partial charge in [-0.1, -0.05) is 12.1 Å². The van der Waals surface area contributed by atoms with E-state index in [9.17, 15) is 9.18 Å². The number of aryl methyl sites for hydroxylation is 1. The number of hydrogen-bond acceptors (Lipinski definition) is 2. The van der Waals surface area contributed by atoms with Crippen LogP contribution < -0.4 is 0 Å². The zero-order valence-electron chi connectivity index (χ0n) is 11.3. The zero-order chi connectivity index (χ0) is 14.1. The van der Waals surface area contributed by atoms with Crippen LogP contribution in [-0.4, -0.2) is 16.8 Å². The maximum Gasteiger partial charge on any atom is 0.290 e. The normalized spacial score (nSPS) is 14.3. The van der Waals surface area contributed by atoms with Crippen molar-refractivity contribution in [3.05, 3.63) is 59.3 Å². The number of carbonyl (C=O) groups excluding carboxylic acids is 1. The number of halogens is 1. The third kappa shape index (κ3) is 2.59. The van der Waals surface area contributed by atoms with Gasteiger partial charge in [-0.3, -0.25) is 4.79 Å². The average molecular weight is 273 g/mol. The lowest BCUT2D eigenvalue weighted by atomic mass is 10.2. The molecule has 2 aromatic rings. The summed E-state index contributed by atoms with van der Waals surface area (Å²) in [5.41, 5.74) is 1.63. The van der Waals surface area contributed by atoms with E-state index in [0.717, 1.165) is 24.0 Å². The molecule has 0 atom stereocenters. The van der Waals surface area contributed by atoms with Gasteiger partial charge in [-0.2, -0.15) is 0 Å². The van der Waals surface area contributed by atoms with E-state index in [1.165, 1.54) is 18.4 Å². The van der Waals surface area contributed by atoms with E-state index in [-0.39, 0.29) is 17.8 Å². The summed E-state index contributed by atoms with van der Waals surface area (Å²) in [6.45, 7) is 2.27. The number of furan rings is 1. The number of rotatable bonds is 4. The Labute approximate surface area is 117 Å². The van der Waals surface area contributed by atoms with Gasteiger partial charge in [0.2, 0.25) is 0 Å². The highest BCUT2D eigenvalue weighted by Crippen LogP contribution is 2.30. The fourth-order valence-electron chi connectivity index (χ4n) is 2.31. The number of hydrogen-bond donors (Lipinski definition) is 0. The fourth-order valence-corrected chi connectivity index (χ4v) is 2.31. The van der Waals surface area contributed by atoms with E-state index < -0.39 is 0 Å². The monoisotopic (exact) mass is 273 g/mol. The second kappa shape index (κ2) is 5.12. The minimum atomic E-state index is -0.278. The first-order valence-electron chi connectivity index (χ1n) is 6.74. The van der Waals surface area contributed by atoms with Gasteiger partial charge in [-0.25, -0.2) is 4.39 Å². The highest BCUT2D eigenvalue weighted by molar-refractivity contribution is 5.93. The van der Waals surface area contributed by atoms with Crippen LogP contribution in [0.5, 0.6) is 0 Å². The highest BCUT2D eigenvalue weighted by Gasteiger charge is 2.34. The number of benzene rings is 1. The summed E-state index contributed by atoms with van der Waals surface area (Å²) in [5, 5.41) is 0. The molecule has 1 aliphatic rings. The minimum Gasteiger partial charge on any atom is -0.459 e. The summed E-state index contributed by atoms with van der Waals surface area (Å²) in [5.74, 6) is -0.00700. The van der Waals surface area contributed by atoms with Gasteiger partial charge in [0, 0.05) is 18.2 Å². The number of carbonyl (C=O) groups is 1. The SMILES string of the molecule is Cc1ccoc1C(=O)N(Cc1cccc(F)c1)C1CC1. The molecule has 0 spiro atoms. The first-order chi connectivity index (χ1) is 9.65. The quantitative estimate of drug-likeness (QED) is 0.853. The molecule has 1 aromatic heterocycles. The predicted octanol–water partition coefficient (Wildman–Crippen LogP) is 3.53. The summed E-state index contributed by atoms with van der Waals surface area (Å²) in [6.07, 6.45) is 3.53. The molecule has 1 heterocycles. The molecule has 1 saturated carbocycles. The van der Waals surface area contributed by atoms with Gasteiger partial charge in [-0.05, 0) is 43.5 Å². The molecule has 1 aliphatic carbocycles. The standard InChI is InChI=1S/C16H16FNO2/c1-11-7-8-20-15(11)16(19)18(14-5-6-14)10-12-3-2-4-13(17)9-12/h2-4,7-9,14H,5-6,10H2,1H3. The first kappa shape index (κ1) is 12.9. The van der Waals surface area contributed by atoms with E-state index in [4.69, 9.17) is 4.42 Å². The van der Waals surface area contributed by atoms with Crippen molar-refractivity contribution in [2.45, 2.75) is 32.4 Å². The molecule has 0 N–H and O–H groups in total. The van der Waals surface area contributed by atoms with Crippen molar-refractivity contribution < 1.29 is 13.6 Å². The molecule has 1 aromatic carbocycles. The van der Waals surface area contributed by atoms with Crippen molar-refractivity contribution in [1.29, 1.82) is 0 Å². The Kier molecular flexibility index (Phi) is 3.30. The van der Waals surface area contributed by atoms with Crippen LogP contribution in [-0.2, 0) is 6.54 Å². The highest BCUT2D eigenvalue weighted by atomic mass is 19.1. The van der Waals surface area contributed by atoms with Crippen LogP contribution in [0.25, 0.3) is 0 Å². The molecule has 104 valence electrons. The Morgan fingerprint density at radius 1 is 1.40 bits per heavy atom. The molecule has 1 fully saturated rings. The molecule has 0 radical (unpaired) electrons. The maximum atomic E-state index is 13.3. The molecular weight excluding hydrogens is 257 g/mol. The molecule has 3 rings (SSSR count). The predicted molar refractivity (Wildman–Crippen MR) is 72.7 cm³/mol. The third-order valence-corrected chi connectivity index (χ3v) is 3.55. The summed E-state index contributed by atoms with van der Waals surface area (Å²) in [6, 6.07) is 8.40. The smallest absolute Gasteiger partial charge is 0.290 e. The van der Waals surface area contributed by atoms with Crippen LogP contribution in [0, 0.1) is 12.7 Å². The minimum absolute atomic E-state index is 0.112. The molecular formula is C16H16FNO2. The third-order valence-electron chi connectivity index (χ3n) is 3.55. The zero-order valence-corrected chi connectivity index (χ0v) is 11.3. The molecule has 0 unspecified atom stereocenters. The van der Waals surface area contributed by atoms with Gasteiger partial charge in [0.1, 0.15) is 5.82 Å². The second-order valence-electron chi connectivity index (χ2n) is 5.23. The average Bonchev–Trinajstić information content (AvgIpc) is 3.17. The van der Waals surface area contributed by atoms with Crippen LogP contribution in [0.4, 0.5) is 4.39 Å². The van der Waals surface area contributed by atoms with Gasteiger partial charge in [0.15, 0.2) is 5.76 Å². The first-order valence-corrected chi connectivity index (χ1v) is 6.74. The van der Waals surface area contributed by atoms with Gasteiger partial charge >= 0.3 is 0 Å². The van der Waals surface area contributed by atoms with Gasteiger partial charge in [0.25, 0.3) is 5.91 Å². The summed E-state index contributed by atoms with van der Waals surface area (Å²) in [7, 11) is 0. The Morgan fingerprint density at radius 2 is 2.20 bits per heavy atom. The van der Waals surface area contributed by atoms with Crippen LogP contribution in [0.3, 0.4) is 0 Å². The van der Waals surface area contributed by atoms with Crippen LogP contribution in [0.1, 0.15) is 34.5 Å². The van der Waals surface area contributed by atoms with Crippen molar-refractivity contribution in [3.63, 3.8) is 0 Å². The maximum absolute atomic E-state index is 13.3. The van der Waals surface area contributed by atoms with Gasteiger partial charge in [-0.15, -0.1) is 0 Å². The molecule has 0 saturated heterocycles. The van der Waals surface area contributed by atoms with Crippen LogP contribution in [0.15, 0.2) is 41.0 Å². The molecule has 3 nitrogen and oxygen atoms in total. The molecule has 20 heavy (non-hydrogen) atoms. The van der Waals surface area contributed by atoms with E-state index in [1.54, 1.807) is 17.0 Å². The summed E-state index contributed by atoms with van der Waals surface area (Å²) in [4.78, 5) is 14.3. The molecule has 4 heteroatoms. The lowest BCUT2D eigenvalue weighted by Gasteiger charge is -2.21. The van der Waals surface area contributed by atoms with Crippen molar-refractivity contribution in [2.24, 2.45) is 0 Å². The van der Waals surface area contributed by atoms with Crippen molar-refractivity contribution in [2.75, 3.05) is 0 Å². The van der Waals surface area contributed by atoms with Crippen molar-refractivity contribution in [1.82, 2.24) is 4.90 Å². The summed E-state index contributed by atoms with van der Waals surface area (Å²) < 4.78 is 18.5. The van der Waals surface area contributed by atoms with Crippen molar-refractivity contribution >= 4 is 5.91 Å². The second-order valence-corrected chi connectivity index (χ2v) is 5.23. The van der Waals surface area contributed by atoms with Gasteiger partial charge in [0.05, 0.1) is 6.26 Å². The lowest BCUT2D eigenvalue weighted by Crippen LogP contribution is -2.32. The number of amides is 1. The molecule has 0 aliphatic heterocycles. The lowest BCUT2D eigenvalue weighted by molar-refractivity contribution is 0.0696. The van der Waals surface area contributed by atoms with E-state index in [0.29, 0.717) is 12.3 Å². The van der Waals surface area contributed by atoms with Crippen molar-refractivity contribution in [3.8, 4) is 0 Å². The summed E-state index contributed by atoms with van der Waals surface area (Å²) >= 11 is 0. The Morgan fingerprint density at radius 3 is 2.80 bits per heavy atom. The van der Waals surface area contributed by atoms with E-state index >= 15 is 0 Å². The van der Waals surface area contributed by atoms with Crippen LogP contribution in [0.2, 0.25) is 0 Å². The van der Waals surface area contributed by atoms with E-state index in [2.05, 4.69) is 0 Å². The van der Waals surface area contributed by atoms with Crippen LogP contribution >= 0.6 is 0 Å². The largest absolute Gasteiger partial charge is 0.459 e.